The molecule has 0 radical (unpaired) electrons. The molecule has 2 amide bonds. The summed E-state index contributed by atoms with van der Waals surface area (Å²) < 4.78 is 0. The van der Waals surface area contributed by atoms with Crippen molar-refractivity contribution in [2.75, 3.05) is 45.8 Å². The molecule has 190 valence electrons. The van der Waals surface area contributed by atoms with Crippen molar-refractivity contribution in [2.45, 2.75) is 52.9 Å². The predicted molar refractivity (Wildman–Crippen MR) is 142 cm³/mol. The van der Waals surface area contributed by atoms with Gasteiger partial charge in [-0.05, 0) is 41.5 Å². The standard InChI is InChI=1S/C27H38N4O2S2/c1-26(2)22(27(26,3)4)25(33)30-11-7-19(8-12-30)23-28-21(18-35-23)24(32)31-15-13-29(14-16-31)10-9-20-6-5-17-34-20/h5-6,17-19,22H,7-16H2,1-4H3. The van der Waals surface area contributed by atoms with Crippen LogP contribution in [0.2, 0.25) is 0 Å². The number of aromatic nitrogens is 1. The number of rotatable bonds is 6. The maximum absolute atomic E-state index is 13.1. The quantitative estimate of drug-likeness (QED) is 0.566. The third-order valence-electron chi connectivity index (χ3n) is 9.08. The van der Waals surface area contributed by atoms with Crippen LogP contribution in [0.4, 0.5) is 0 Å². The first-order chi connectivity index (χ1) is 16.7. The fourth-order valence-corrected chi connectivity index (χ4v) is 7.64. The Morgan fingerprint density at radius 3 is 2.26 bits per heavy atom. The molecule has 0 spiro atoms. The van der Waals surface area contributed by atoms with Crippen LogP contribution in [-0.2, 0) is 11.2 Å². The van der Waals surface area contributed by atoms with E-state index in [-0.39, 0.29) is 22.7 Å². The minimum absolute atomic E-state index is 0.0659. The van der Waals surface area contributed by atoms with Crippen molar-refractivity contribution in [3.8, 4) is 0 Å². The van der Waals surface area contributed by atoms with Crippen molar-refractivity contribution in [1.82, 2.24) is 19.7 Å². The van der Waals surface area contributed by atoms with Crippen molar-refractivity contribution in [3.63, 3.8) is 0 Å². The van der Waals surface area contributed by atoms with Gasteiger partial charge in [-0.15, -0.1) is 22.7 Å². The van der Waals surface area contributed by atoms with Crippen LogP contribution in [0.5, 0.6) is 0 Å². The molecule has 0 atom stereocenters. The summed E-state index contributed by atoms with van der Waals surface area (Å²) in [4.78, 5) is 38.9. The maximum Gasteiger partial charge on any atom is 0.273 e. The zero-order valence-electron chi connectivity index (χ0n) is 21.5. The summed E-state index contributed by atoms with van der Waals surface area (Å²) >= 11 is 3.43. The van der Waals surface area contributed by atoms with E-state index in [4.69, 9.17) is 4.98 Å². The predicted octanol–water partition coefficient (Wildman–Crippen LogP) is 4.59. The van der Waals surface area contributed by atoms with Gasteiger partial charge in [-0.3, -0.25) is 14.5 Å². The summed E-state index contributed by atoms with van der Waals surface area (Å²) in [5.74, 6) is 0.867. The molecule has 0 unspecified atom stereocenters. The van der Waals surface area contributed by atoms with Gasteiger partial charge >= 0.3 is 0 Å². The first-order valence-corrected chi connectivity index (χ1v) is 14.7. The fraction of sp³-hybridized carbons (Fsp3) is 0.667. The topological polar surface area (TPSA) is 56.8 Å². The molecule has 4 heterocycles. The van der Waals surface area contributed by atoms with Crippen LogP contribution in [0.1, 0.15) is 66.8 Å². The van der Waals surface area contributed by atoms with E-state index in [1.165, 1.54) is 4.88 Å². The van der Waals surface area contributed by atoms with Gasteiger partial charge < -0.3 is 9.80 Å². The Labute approximate surface area is 217 Å². The van der Waals surface area contributed by atoms with Crippen LogP contribution in [0.3, 0.4) is 0 Å². The molecule has 8 heteroatoms. The molecule has 2 aromatic heterocycles. The van der Waals surface area contributed by atoms with E-state index < -0.39 is 0 Å². The van der Waals surface area contributed by atoms with Crippen LogP contribution in [-0.4, -0.2) is 77.3 Å². The van der Waals surface area contributed by atoms with Crippen molar-refractivity contribution in [3.05, 3.63) is 38.5 Å². The number of nitrogens with zero attached hydrogens (tertiary/aromatic N) is 4. The lowest BCUT2D eigenvalue weighted by atomic mass is 9.96. The molecule has 3 aliphatic rings. The summed E-state index contributed by atoms with van der Waals surface area (Å²) in [5, 5.41) is 5.13. The number of thiazole rings is 1. The van der Waals surface area contributed by atoms with Crippen molar-refractivity contribution in [1.29, 1.82) is 0 Å². The third kappa shape index (κ3) is 4.81. The van der Waals surface area contributed by atoms with Gasteiger partial charge in [0.25, 0.3) is 5.91 Å². The van der Waals surface area contributed by atoms with Crippen molar-refractivity contribution in [2.24, 2.45) is 16.7 Å². The van der Waals surface area contributed by atoms with E-state index in [1.54, 1.807) is 11.3 Å². The number of piperazine rings is 1. The molecule has 1 saturated carbocycles. The molecule has 2 aromatic rings. The average Bonchev–Trinajstić information content (AvgIpc) is 3.39. The second-order valence-electron chi connectivity index (χ2n) is 11.5. The smallest absolute Gasteiger partial charge is 0.273 e. The van der Waals surface area contributed by atoms with Gasteiger partial charge in [0, 0.05) is 67.9 Å². The molecule has 5 rings (SSSR count). The highest BCUT2D eigenvalue weighted by molar-refractivity contribution is 7.10. The second kappa shape index (κ2) is 9.60. The van der Waals surface area contributed by atoms with E-state index in [2.05, 4.69) is 55.0 Å². The maximum atomic E-state index is 13.1. The van der Waals surface area contributed by atoms with Crippen LogP contribution in [0.15, 0.2) is 22.9 Å². The monoisotopic (exact) mass is 514 g/mol. The van der Waals surface area contributed by atoms with Gasteiger partial charge in [0.2, 0.25) is 5.91 Å². The number of likely N-dealkylation sites (tertiary alicyclic amines) is 1. The van der Waals surface area contributed by atoms with Crippen LogP contribution in [0, 0.1) is 16.7 Å². The Balaban J connectivity index is 1.09. The molecule has 0 aromatic carbocycles. The van der Waals surface area contributed by atoms with Crippen LogP contribution < -0.4 is 0 Å². The highest BCUT2D eigenvalue weighted by Gasteiger charge is 2.68. The summed E-state index contributed by atoms with van der Waals surface area (Å²) in [6.07, 6.45) is 2.95. The number of carbonyl (C=O) groups excluding carboxylic acids is 2. The van der Waals surface area contributed by atoms with E-state index in [9.17, 15) is 9.59 Å². The number of amides is 2. The number of piperidine rings is 1. The highest BCUT2D eigenvalue weighted by Crippen LogP contribution is 2.68. The van der Waals surface area contributed by atoms with Crippen molar-refractivity contribution < 1.29 is 9.59 Å². The lowest BCUT2D eigenvalue weighted by Crippen LogP contribution is -2.49. The molecule has 3 fully saturated rings. The molecule has 0 bridgehead atoms. The number of thiophene rings is 1. The van der Waals surface area contributed by atoms with E-state index in [0.717, 1.165) is 70.1 Å². The summed E-state index contributed by atoms with van der Waals surface area (Å²) in [6, 6.07) is 4.30. The average molecular weight is 515 g/mol. The number of hydrogen-bond donors (Lipinski definition) is 0. The van der Waals surface area contributed by atoms with Crippen LogP contribution >= 0.6 is 22.7 Å². The minimum Gasteiger partial charge on any atom is -0.342 e. The van der Waals surface area contributed by atoms with Crippen LogP contribution in [0.25, 0.3) is 0 Å². The zero-order chi connectivity index (χ0) is 24.8. The van der Waals surface area contributed by atoms with Gasteiger partial charge in [0.15, 0.2) is 0 Å². The van der Waals surface area contributed by atoms with Gasteiger partial charge in [-0.2, -0.15) is 0 Å². The number of hydrogen-bond acceptors (Lipinski definition) is 6. The molecule has 6 nitrogen and oxygen atoms in total. The highest BCUT2D eigenvalue weighted by atomic mass is 32.1. The van der Waals surface area contributed by atoms with Gasteiger partial charge in [0.1, 0.15) is 5.69 Å². The summed E-state index contributed by atoms with van der Waals surface area (Å²) in [7, 11) is 0. The molecule has 1 aliphatic carbocycles. The number of carbonyl (C=O) groups is 2. The molecule has 2 aliphatic heterocycles. The minimum atomic E-state index is 0.0659. The Hall–Kier alpha value is -1.77. The lowest BCUT2D eigenvalue weighted by molar-refractivity contribution is -0.134. The molecular formula is C27H38N4O2S2. The van der Waals surface area contributed by atoms with E-state index in [0.29, 0.717) is 17.5 Å². The fourth-order valence-electron chi connectivity index (χ4n) is 5.98. The Kier molecular flexibility index (Phi) is 6.83. The van der Waals surface area contributed by atoms with Gasteiger partial charge in [0.05, 0.1) is 5.01 Å². The summed E-state index contributed by atoms with van der Waals surface area (Å²) in [5.41, 5.74) is 0.763. The molecular weight excluding hydrogens is 476 g/mol. The summed E-state index contributed by atoms with van der Waals surface area (Å²) in [6.45, 7) is 14.9. The largest absolute Gasteiger partial charge is 0.342 e. The first-order valence-electron chi connectivity index (χ1n) is 13.0. The molecule has 2 saturated heterocycles. The Morgan fingerprint density at radius 2 is 1.66 bits per heavy atom. The lowest BCUT2D eigenvalue weighted by Gasteiger charge is -2.34. The van der Waals surface area contributed by atoms with Gasteiger partial charge in [-0.25, -0.2) is 4.98 Å². The third-order valence-corrected chi connectivity index (χ3v) is 11.0. The van der Waals surface area contributed by atoms with E-state index in [1.807, 2.05) is 21.6 Å². The van der Waals surface area contributed by atoms with Gasteiger partial charge in [-0.1, -0.05) is 33.8 Å². The first kappa shape index (κ1) is 24.9. The second-order valence-corrected chi connectivity index (χ2v) is 13.4. The Bertz CT molecular complexity index is 1030. The Morgan fingerprint density at radius 1 is 0.971 bits per heavy atom. The van der Waals surface area contributed by atoms with E-state index >= 15 is 0 Å². The van der Waals surface area contributed by atoms with Crippen molar-refractivity contribution >= 4 is 34.5 Å². The molecule has 35 heavy (non-hydrogen) atoms. The molecule has 0 N–H and O–H groups in total. The zero-order valence-corrected chi connectivity index (χ0v) is 23.1. The SMILES string of the molecule is CC1(C)C(C(=O)N2CCC(c3nc(C(=O)N4CCN(CCc5cccs5)CC4)cs3)CC2)C1(C)C. The normalized spacial score (nSPS) is 23.0.